The van der Waals surface area contributed by atoms with Crippen LogP contribution in [0.5, 0.6) is 0 Å². The normalized spacial score (nSPS) is 14.3. The highest BCUT2D eigenvalue weighted by molar-refractivity contribution is 7.47. The van der Waals surface area contributed by atoms with Crippen molar-refractivity contribution in [3.63, 3.8) is 0 Å². The molecule has 0 spiro atoms. The lowest BCUT2D eigenvalue weighted by molar-refractivity contribution is -0.161. The molecular formula is C80H156O17P2. The summed E-state index contributed by atoms with van der Waals surface area (Å²) in [5, 5.41) is 10.6. The molecule has 19 heteroatoms. The van der Waals surface area contributed by atoms with Gasteiger partial charge in [0, 0.05) is 25.7 Å². The van der Waals surface area contributed by atoms with Gasteiger partial charge in [-0.2, -0.15) is 0 Å². The Labute approximate surface area is 607 Å². The molecule has 4 unspecified atom stereocenters. The Balaban J connectivity index is 5.21. The first-order valence-electron chi connectivity index (χ1n) is 41.2. The minimum absolute atomic E-state index is 0.106. The Morgan fingerprint density at radius 2 is 0.485 bits per heavy atom. The zero-order chi connectivity index (χ0) is 73.1. The van der Waals surface area contributed by atoms with E-state index in [0.29, 0.717) is 31.6 Å². The molecule has 0 aromatic heterocycles. The molecule has 3 N–H and O–H groups in total. The van der Waals surface area contributed by atoms with Gasteiger partial charge in [0.2, 0.25) is 0 Å². The Morgan fingerprint density at radius 1 is 0.283 bits per heavy atom. The number of phosphoric acid groups is 2. The van der Waals surface area contributed by atoms with Gasteiger partial charge in [-0.3, -0.25) is 37.3 Å². The third kappa shape index (κ3) is 72.8. The van der Waals surface area contributed by atoms with E-state index in [1.165, 1.54) is 205 Å². The first-order chi connectivity index (χ1) is 47.6. The number of ether oxygens (including phenoxy) is 4. The molecule has 17 nitrogen and oxygen atoms in total. The van der Waals surface area contributed by atoms with E-state index in [0.717, 1.165) is 114 Å². The number of aliphatic hydroxyl groups excluding tert-OH is 1. The van der Waals surface area contributed by atoms with Gasteiger partial charge in [0.1, 0.15) is 19.3 Å². The van der Waals surface area contributed by atoms with Crippen LogP contribution in [-0.4, -0.2) is 96.7 Å². The van der Waals surface area contributed by atoms with Crippen LogP contribution in [0.2, 0.25) is 0 Å². The van der Waals surface area contributed by atoms with Crippen molar-refractivity contribution < 1.29 is 80.2 Å². The second kappa shape index (κ2) is 69.1. The molecule has 0 fully saturated rings. The maximum Gasteiger partial charge on any atom is 0.472 e. The zero-order valence-corrected chi connectivity index (χ0v) is 66.9. The number of hydrogen-bond donors (Lipinski definition) is 3. The van der Waals surface area contributed by atoms with Crippen LogP contribution in [0.4, 0.5) is 0 Å². The number of esters is 4. The molecule has 0 saturated carbocycles. The van der Waals surface area contributed by atoms with Crippen LogP contribution < -0.4 is 0 Å². The molecule has 0 heterocycles. The third-order valence-corrected chi connectivity index (χ3v) is 20.8. The molecule has 0 aliphatic carbocycles. The van der Waals surface area contributed by atoms with Gasteiger partial charge in [-0.05, 0) is 49.4 Å². The highest BCUT2D eigenvalue weighted by atomic mass is 31.2. The summed E-state index contributed by atoms with van der Waals surface area (Å²) in [6.45, 7) is 14.2. The van der Waals surface area contributed by atoms with Crippen molar-refractivity contribution in [3.8, 4) is 0 Å². The molecule has 588 valence electrons. The molecule has 0 aliphatic rings. The van der Waals surface area contributed by atoms with E-state index in [1.54, 1.807) is 0 Å². The number of carbonyl (C=O) groups is 4. The topological polar surface area (TPSA) is 237 Å². The van der Waals surface area contributed by atoms with E-state index < -0.39 is 97.5 Å². The van der Waals surface area contributed by atoms with Gasteiger partial charge in [0.15, 0.2) is 12.2 Å². The standard InChI is InChI=1S/C80H156O17P2/c1-9-73(8)59-51-43-35-27-23-24-30-38-47-55-63-80(85)96-75(66-90-77(82)60-52-44-36-28-22-18-20-26-33-41-49-57-71(4)5)68-94-98(86,87)92-64-74(81)65-93-99(88,89)95-69-76(67-91-78(83)61-53-45-39-31-34-42-50-58-72(6)7)97-79(84)62-54-46-37-29-21-17-15-13-11-10-12-14-16-19-25-32-40-48-56-70(2)3/h70-76,81H,9-69H2,1-8H3,(H,86,87)(H,88,89)/t73?,74?,75-,76-/m1/s1. The van der Waals surface area contributed by atoms with Gasteiger partial charge >= 0.3 is 39.5 Å². The smallest absolute Gasteiger partial charge is 0.462 e. The summed E-state index contributed by atoms with van der Waals surface area (Å²) < 4.78 is 68.7. The fraction of sp³-hybridized carbons (Fsp3) is 0.950. The van der Waals surface area contributed by atoms with Crippen LogP contribution in [0.3, 0.4) is 0 Å². The Bertz CT molecular complexity index is 1940. The number of unbranched alkanes of at least 4 members (excludes halogenated alkanes) is 42. The molecule has 99 heavy (non-hydrogen) atoms. The molecule has 6 atom stereocenters. The van der Waals surface area contributed by atoms with Gasteiger partial charge in [-0.25, -0.2) is 9.13 Å². The largest absolute Gasteiger partial charge is 0.472 e. The second-order valence-corrected chi connectivity index (χ2v) is 33.4. The van der Waals surface area contributed by atoms with Crippen molar-refractivity contribution in [2.24, 2.45) is 23.7 Å². The SMILES string of the molecule is CCC(C)CCCCCCCCCCCCC(=O)O[C@H](COC(=O)CCCCCCCCCCCCCC(C)C)COP(=O)(O)OCC(O)COP(=O)(O)OC[C@@H](COC(=O)CCCCCCCCCC(C)C)OC(=O)CCCCCCCCCCCCCCCCCCCCC(C)C. The quantitative estimate of drug-likeness (QED) is 0.0222. The molecule has 0 rings (SSSR count). The van der Waals surface area contributed by atoms with Crippen LogP contribution in [0.15, 0.2) is 0 Å². The Kier molecular flexibility index (Phi) is 67.8. The van der Waals surface area contributed by atoms with E-state index >= 15 is 0 Å². The monoisotopic (exact) mass is 1450 g/mol. The van der Waals surface area contributed by atoms with Gasteiger partial charge in [-0.1, -0.05) is 357 Å². The summed E-state index contributed by atoms with van der Waals surface area (Å²) in [6.07, 6.45) is 55.6. The number of rotatable bonds is 77. The summed E-state index contributed by atoms with van der Waals surface area (Å²) in [6, 6.07) is 0. The van der Waals surface area contributed by atoms with Gasteiger partial charge < -0.3 is 33.8 Å². The molecule has 0 aromatic carbocycles. The van der Waals surface area contributed by atoms with E-state index in [9.17, 15) is 43.2 Å². The third-order valence-electron chi connectivity index (χ3n) is 18.9. The minimum Gasteiger partial charge on any atom is -0.462 e. The van der Waals surface area contributed by atoms with E-state index in [4.69, 9.17) is 37.0 Å². The lowest BCUT2D eigenvalue weighted by Crippen LogP contribution is -2.30. The van der Waals surface area contributed by atoms with Crippen LogP contribution >= 0.6 is 15.6 Å². The summed E-state index contributed by atoms with van der Waals surface area (Å²) in [5.41, 5.74) is 0. The summed E-state index contributed by atoms with van der Waals surface area (Å²) >= 11 is 0. The number of hydrogen-bond acceptors (Lipinski definition) is 15. The average molecular weight is 1450 g/mol. The number of phosphoric ester groups is 2. The van der Waals surface area contributed by atoms with Crippen molar-refractivity contribution in [3.05, 3.63) is 0 Å². The predicted octanol–water partition coefficient (Wildman–Crippen LogP) is 23.6. The molecule has 0 aliphatic heterocycles. The fourth-order valence-electron chi connectivity index (χ4n) is 12.2. The maximum atomic E-state index is 13.1. The van der Waals surface area contributed by atoms with Crippen molar-refractivity contribution in [2.75, 3.05) is 39.6 Å². The van der Waals surface area contributed by atoms with Crippen molar-refractivity contribution in [2.45, 2.75) is 427 Å². The highest BCUT2D eigenvalue weighted by Crippen LogP contribution is 2.45. The maximum absolute atomic E-state index is 13.1. The lowest BCUT2D eigenvalue weighted by Gasteiger charge is -2.21. The summed E-state index contributed by atoms with van der Waals surface area (Å²) in [4.78, 5) is 73.0. The minimum atomic E-state index is -4.96. The fourth-order valence-corrected chi connectivity index (χ4v) is 13.8. The number of carbonyl (C=O) groups excluding carboxylic acids is 4. The van der Waals surface area contributed by atoms with Crippen LogP contribution in [0.25, 0.3) is 0 Å². The first kappa shape index (κ1) is 97.1. The first-order valence-corrected chi connectivity index (χ1v) is 44.2. The Hall–Kier alpha value is -1.94. The van der Waals surface area contributed by atoms with Crippen molar-refractivity contribution in [1.29, 1.82) is 0 Å². The molecule has 0 bridgehead atoms. The molecule has 0 radical (unpaired) electrons. The van der Waals surface area contributed by atoms with Crippen LogP contribution in [0, 0.1) is 23.7 Å². The molecule has 0 amide bonds. The van der Waals surface area contributed by atoms with Crippen molar-refractivity contribution >= 4 is 39.5 Å². The highest BCUT2D eigenvalue weighted by Gasteiger charge is 2.30. The summed E-state index contributed by atoms with van der Waals surface area (Å²) in [5.74, 6) is 0.983. The van der Waals surface area contributed by atoms with E-state index in [2.05, 4.69) is 55.4 Å². The molecule has 0 aromatic rings. The lowest BCUT2D eigenvalue weighted by atomic mass is 9.99. The predicted molar refractivity (Wildman–Crippen MR) is 404 cm³/mol. The van der Waals surface area contributed by atoms with Crippen LogP contribution in [0.1, 0.15) is 409 Å². The Morgan fingerprint density at radius 3 is 0.717 bits per heavy atom. The van der Waals surface area contributed by atoms with Gasteiger partial charge in [0.25, 0.3) is 0 Å². The average Bonchev–Trinajstić information content (AvgIpc) is 0.970. The zero-order valence-electron chi connectivity index (χ0n) is 65.1. The van der Waals surface area contributed by atoms with E-state index in [1.807, 2.05) is 0 Å². The van der Waals surface area contributed by atoms with Gasteiger partial charge in [-0.15, -0.1) is 0 Å². The summed E-state index contributed by atoms with van der Waals surface area (Å²) in [7, 11) is -9.92. The van der Waals surface area contributed by atoms with Gasteiger partial charge in [0.05, 0.1) is 26.4 Å². The second-order valence-electron chi connectivity index (χ2n) is 30.5. The molecular weight excluding hydrogens is 1290 g/mol. The number of aliphatic hydroxyl groups is 1. The molecule has 0 saturated heterocycles. The van der Waals surface area contributed by atoms with Crippen LogP contribution in [-0.2, 0) is 65.4 Å². The van der Waals surface area contributed by atoms with Crippen molar-refractivity contribution in [1.82, 2.24) is 0 Å². The van der Waals surface area contributed by atoms with E-state index in [-0.39, 0.29) is 25.7 Å².